The molecule has 2 saturated heterocycles. The zero-order valence-corrected chi connectivity index (χ0v) is 15.8. The predicted molar refractivity (Wildman–Crippen MR) is 90.3 cm³/mol. The Hall–Kier alpha value is -2.26. The average Bonchev–Trinajstić information content (AvgIpc) is 3.13. The van der Waals surface area contributed by atoms with Crippen LogP contribution in [0.25, 0.3) is 0 Å². The molecule has 3 atom stereocenters. The molecule has 0 saturated carbocycles. The molecule has 3 aliphatic heterocycles. The van der Waals surface area contributed by atoms with E-state index in [1.54, 1.807) is 10.9 Å². The summed E-state index contributed by atoms with van der Waals surface area (Å²) in [6, 6.07) is -2.18. The van der Waals surface area contributed by atoms with Gasteiger partial charge in [-0.1, -0.05) is 0 Å². The number of nitrogens with one attached hydrogen (secondary N) is 2. The Balaban J connectivity index is 1.39. The normalized spacial score (nSPS) is 27.1. The van der Waals surface area contributed by atoms with Crippen LogP contribution in [0.2, 0.25) is 0 Å². The second-order valence-electron chi connectivity index (χ2n) is 6.88. The number of piperidine rings is 1. The monoisotopic (exact) mass is 416 g/mol. The lowest BCUT2D eigenvalue weighted by Crippen LogP contribution is -2.50. The van der Waals surface area contributed by atoms with Crippen LogP contribution >= 0.6 is 0 Å². The fourth-order valence-corrected chi connectivity index (χ4v) is 4.19. The van der Waals surface area contributed by atoms with Gasteiger partial charge in [0.15, 0.2) is 0 Å². The Morgan fingerprint density at radius 1 is 1.43 bits per heavy atom. The van der Waals surface area contributed by atoms with Gasteiger partial charge in [-0.15, -0.1) is 4.28 Å². The van der Waals surface area contributed by atoms with Crippen LogP contribution in [0.5, 0.6) is 0 Å². The third kappa shape index (κ3) is 3.44. The molecule has 2 bridgehead atoms. The molecule has 4 heterocycles. The van der Waals surface area contributed by atoms with Gasteiger partial charge in [-0.25, -0.2) is 10.3 Å². The highest BCUT2D eigenvalue weighted by atomic mass is 32.3. The fraction of sp³-hybridized carbons (Fsp3) is 0.643. The van der Waals surface area contributed by atoms with Gasteiger partial charge in [0.2, 0.25) is 0 Å². The quantitative estimate of drug-likeness (QED) is 0.389. The number of nitrogens with zero attached hydrogens (tertiary/aromatic N) is 4. The molecule has 1 aromatic rings. The van der Waals surface area contributed by atoms with Crippen molar-refractivity contribution in [2.45, 2.75) is 37.6 Å². The highest BCUT2D eigenvalue weighted by Gasteiger charge is 2.49. The van der Waals surface area contributed by atoms with Crippen molar-refractivity contribution in [2.75, 3.05) is 13.1 Å². The van der Waals surface area contributed by atoms with Crippen molar-refractivity contribution in [1.29, 1.82) is 0 Å². The summed E-state index contributed by atoms with van der Waals surface area (Å²) in [4.78, 5) is 31.7. The number of amides is 3. The van der Waals surface area contributed by atoms with Gasteiger partial charge in [0, 0.05) is 32.2 Å². The molecule has 28 heavy (non-hydrogen) atoms. The van der Waals surface area contributed by atoms with Crippen LogP contribution in [-0.4, -0.2) is 69.8 Å². The topological polar surface area (TPSA) is 155 Å². The van der Waals surface area contributed by atoms with Crippen LogP contribution in [0.1, 0.15) is 30.2 Å². The molecule has 0 spiro atoms. The van der Waals surface area contributed by atoms with Crippen LogP contribution in [0, 0.1) is 0 Å². The fourth-order valence-electron chi connectivity index (χ4n) is 3.80. The highest BCUT2D eigenvalue weighted by Crippen LogP contribution is 2.31. The summed E-state index contributed by atoms with van der Waals surface area (Å²) in [5, 5.41) is 7.96. The second kappa shape index (κ2) is 6.97. The zero-order valence-electron chi connectivity index (χ0n) is 14.9. The van der Waals surface area contributed by atoms with E-state index in [-0.39, 0.29) is 6.54 Å². The predicted octanol–water partition coefficient (Wildman–Crippen LogP) is -1.38. The molecule has 3 unspecified atom stereocenters. The van der Waals surface area contributed by atoms with Crippen LogP contribution < -0.4 is 10.8 Å². The number of carbonyl (C=O) groups is 2. The molecule has 3 amide bonds. The van der Waals surface area contributed by atoms with Crippen molar-refractivity contribution < 1.29 is 31.7 Å². The number of hydroxylamine groups is 3. The largest absolute Gasteiger partial charge is 0.418 e. The van der Waals surface area contributed by atoms with Crippen molar-refractivity contribution in [2.24, 2.45) is 7.05 Å². The summed E-state index contributed by atoms with van der Waals surface area (Å²) in [6.07, 6.45) is 1.91. The standard InChI is InChI=1S/C14H20N6O7S/c1-18-11-5-15-6-12(9(11)4-16-18)26-17-13(21)10-3-2-8-7-19(10)14(22)20(8)27-28(23,24)25/h4,8,10,12,15H,2-3,5-7H2,1H3,(H,17,21)(H,23,24,25). The third-order valence-corrected chi connectivity index (χ3v) is 5.51. The van der Waals surface area contributed by atoms with Crippen LogP contribution in [0.4, 0.5) is 4.79 Å². The first-order valence-electron chi connectivity index (χ1n) is 8.68. The van der Waals surface area contributed by atoms with E-state index in [4.69, 9.17) is 9.39 Å². The summed E-state index contributed by atoms with van der Waals surface area (Å²) in [5.74, 6) is -0.517. The van der Waals surface area contributed by atoms with Gasteiger partial charge >= 0.3 is 16.4 Å². The maximum Gasteiger partial charge on any atom is 0.418 e. The van der Waals surface area contributed by atoms with Gasteiger partial charge in [-0.2, -0.15) is 18.6 Å². The van der Waals surface area contributed by atoms with E-state index < -0.39 is 40.5 Å². The summed E-state index contributed by atoms with van der Waals surface area (Å²) in [6.45, 7) is 1.25. The molecule has 0 aliphatic carbocycles. The van der Waals surface area contributed by atoms with Crippen molar-refractivity contribution in [3.63, 3.8) is 0 Å². The molecular weight excluding hydrogens is 396 g/mol. The van der Waals surface area contributed by atoms with E-state index in [1.165, 1.54) is 4.90 Å². The van der Waals surface area contributed by atoms with E-state index in [1.807, 2.05) is 7.05 Å². The Morgan fingerprint density at radius 3 is 2.96 bits per heavy atom. The Labute approximate surface area is 160 Å². The minimum Gasteiger partial charge on any atom is -0.309 e. The number of hydrogen-bond acceptors (Lipinski definition) is 8. The van der Waals surface area contributed by atoms with Crippen molar-refractivity contribution in [3.8, 4) is 0 Å². The highest BCUT2D eigenvalue weighted by molar-refractivity contribution is 7.80. The summed E-state index contributed by atoms with van der Waals surface area (Å²) in [5.41, 5.74) is 4.23. The smallest absolute Gasteiger partial charge is 0.309 e. The SMILES string of the molecule is Cn1ncc2c1CNCC2ONC(=O)C1CCC2CN1C(=O)N2OS(=O)(=O)O. The molecule has 1 aromatic heterocycles. The minimum absolute atomic E-state index is 0.115. The van der Waals surface area contributed by atoms with Crippen molar-refractivity contribution >= 4 is 22.3 Å². The van der Waals surface area contributed by atoms with Crippen molar-refractivity contribution in [3.05, 3.63) is 17.5 Å². The summed E-state index contributed by atoms with van der Waals surface area (Å²) >= 11 is 0. The number of rotatable bonds is 5. The summed E-state index contributed by atoms with van der Waals surface area (Å²) in [7, 11) is -3.01. The second-order valence-corrected chi connectivity index (χ2v) is 7.89. The molecule has 154 valence electrons. The Bertz CT molecular complexity index is 902. The average molecular weight is 416 g/mol. The molecule has 2 fully saturated rings. The number of urea groups is 1. The molecule has 0 aromatic carbocycles. The number of carbonyl (C=O) groups excluding carboxylic acids is 2. The van der Waals surface area contributed by atoms with Gasteiger partial charge < -0.3 is 10.2 Å². The van der Waals surface area contributed by atoms with Gasteiger partial charge in [0.05, 0.1) is 17.9 Å². The lowest BCUT2D eigenvalue weighted by Gasteiger charge is -2.30. The van der Waals surface area contributed by atoms with Gasteiger partial charge in [0.1, 0.15) is 12.1 Å². The van der Waals surface area contributed by atoms with Crippen LogP contribution in [-0.2, 0) is 37.9 Å². The first kappa shape index (κ1) is 19.1. The Morgan fingerprint density at radius 2 is 2.21 bits per heavy atom. The van der Waals surface area contributed by atoms with E-state index in [0.717, 1.165) is 11.3 Å². The first-order valence-corrected chi connectivity index (χ1v) is 10.0. The minimum atomic E-state index is -4.83. The van der Waals surface area contributed by atoms with Crippen molar-refractivity contribution in [1.82, 2.24) is 30.5 Å². The number of aromatic nitrogens is 2. The zero-order chi connectivity index (χ0) is 20.1. The Kier molecular flexibility index (Phi) is 4.75. The summed E-state index contributed by atoms with van der Waals surface area (Å²) < 4.78 is 36.7. The van der Waals surface area contributed by atoms with E-state index in [9.17, 15) is 18.0 Å². The maximum absolute atomic E-state index is 12.6. The molecule has 4 rings (SSSR count). The van der Waals surface area contributed by atoms with Crippen LogP contribution in [0.15, 0.2) is 6.20 Å². The molecule has 14 heteroatoms. The van der Waals surface area contributed by atoms with Gasteiger partial charge in [0.25, 0.3) is 5.91 Å². The number of hydrogen-bond donors (Lipinski definition) is 3. The first-order chi connectivity index (χ1) is 13.2. The molecule has 13 nitrogen and oxygen atoms in total. The lowest BCUT2D eigenvalue weighted by molar-refractivity contribution is -0.144. The lowest BCUT2D eigenvalue weighted by atomic mass is 10.0. The van der Waals surface area contributed by atoms with Gasteiger partial charge in [-0.3, -0.25) is 18.9 Å². The maximum atomic E-state index is 12.6. The number of aryl methyl sites for hydroxylation is 1. The van der Waals surface area contributed by atoms with Gasteiger partial charge in [-0.05, 0) is 12.8 Å². The molecule has 3 N–H and O–H groups in total. The molecule has 0 radical (unpaired) electrons. The van der Waals surface area contributed by atoms with E-state index in [2.05, 4.69) is 20.2 Å². The number of fused-ring (bicyclic) bond motifs is 3. The molecule has 3 aliphatic rings. The third-order valence-electron chi connectivity index (χ3n) is 5.16. The van der Waals surface area contributed by atoms with Crippen LogP contribution in [0.3, 0.4) is 0 Å². The van der Waals surface area contributed by atoms with E-state index >= 15 is 0 Å². The molecular formula is C14H20N6O7S. The van der Waals surface area contributed by atoms with E-state index in [0.29, 0.717) is 31.0 Å².